The summed E-state index contributed by atoms with van der Waals surface area (Å²) in [4.78, 5) is 19.8. The number of guanidine groups is 1. The zero-order valence-corrected chi connectivity index (χ0v) is 21.4. The van der Waals surface area contributed by atoms with Crippen LogP contribution in [0.2, 0.25) is 0 Å². The summed E-state index contributed by atoms with van der Waals surface area (Å²) in [5.74, 6) is 2.27. The van der Waals surface area contributed by atoms with Crippen molar-refractivity contribution in [3.63, 3.8) is 0 Å². The first-order valence-electron chi connectivity index (χ1n) is 12.7. The molecular weight excluding hydrogens is 503 g/mol. The molecule has 1 spiro atoms. The highest BCUT2D eigenvalue weighted by Gasteiger charge is 2.65. The molecule has 2 N–H and O–H groups in total. The van der Waals surface area contributed by atoms with E-state index in [0.29, 0.717) is 35.4 Å². The Kier molecular flexibility index (Phi) is 7.72. The average Bonchev–Trinajstić information content (AvgIpc) is 3.52. The molecule has 2 aliphatic heterocycles. The minimum atomic E-state index is 0. The minimum Gasteiger partial charge on any atom is -0.377 e. The van der Waals surface area contributed by atoms with Crippen LogP contribution >= 0.6 is 24.0 Å². The number of hydrogen-bond acceptors (Lipinski definition) is 3. The van der Waals surface area contributed by atoms with E-state index in [-0.39, 0.29) is 29.9 Å². The quantitative estimate of drug-likeness (QED) is 0.322. The van der Waals surface area contributed by atoms with Crippen molar-refractivity contribution in [2.24, 2.45) is 22.2 Å². The second-order valence-corrected chi connectivity index (χ2v) is 10.4. The number of ether oxygens (including phenoxy) is 1. The Morgan fingerprint density at radius 1 is 1.06 bits per heavy atom. The number of carbonyl (C=O) groups excluding carboxylic acids is 1. The summed E-state index contributed by atoms with van der Waals surface area (Å²) in [7, 11) is 0. The van der Waals surface area contributed by atoms with Crippen LogP contribution in [0.4, 0.5) is 0 Å². The Labute approximate surface area is 204 Å². The molecule has 3 saturated carbocycles. The Hall–Kier alpha value is -0.570. The predicted molar refractivity (Wildman–Crippen MR) is 134 cm³/mol. The number of carbonyl (C=O) groups is 1. The number of likely N-dealkylation sites (tertiary alicyclic amines) is 1. The number of aliphatic imine (C=N–C) groups is 1. The van der Waals surface area contributed by atoms with Crippen LogP contribution in [0.25, 0.3) is 0 Å². The van der Waals surface area contributed by atoms with Gasteiger partial charge in [0.25, 0.3) is 0 Å². The normalized spacial score (nSPS) is 34.9. The molecule has 4 atom stereocenters. The molecule has 2 saturated heterocycles. The average molecular weight is 545 g/mol. The fraction of sp³-hybridized carbons (Fsp3) is 0.917. The maximum absolute atomic E-state index is 12.9. The monoisotopic (exact) mass is 544 g/mol. The summed E-state index contributed by atoms with van der Waals surface area (Å²) < 4.78 is 6.15. The number of hydrogen-bond donors (Lipinski definition) is 2. The minimum absolute atomic E-state index is 0. The van der Waals surface area contributed by atoms with Crippen LogP contribution in [0.5, 0.6) is 0 Å². The predicted octanol–water partition coefficient (Wildman–Crippen LogP) is 3.69. The SMILES string of the molecule is CCN=C(NC1CCN(C(=O)C2CCCCC2)C1)NC1C2CCOC2C12CCCC2.I. The lowest BCUT2D eigenvalue weighted by Gasteiger charge is -2.57. The Morgan fingerprint density at radius 2 is 1.84 bits per heavy atom. The van der Waals surface area contributed by atoms with Gasteiger partial charge >= 0.3 is 0 Å². The van der Waals surface area contributed by atoms with Gasteiger partial charge in [-0.1, -0.05) is 32.1 Å². The first kappa shape index (κ1) is 23.6. The molecular formula is C24H41IN4O2. The highest BCUT2D eigenvalue weighted by molar-refractivity contribution is 14.0. The van der Waals surface area contributed by atoms with E-state index >= 15 is 0 Å². The van der Waals surface area contributed by atoms with Crippen molar-refractivity contribution in [2.75, 3.05) is 26.2 Å². The maximum Gasteiger partial charge on any atom is 0.225 e. The topological polar surface area (TPSA) is 66.0 Å². The van der Waals surface area contributed by atoms with Crippen LogP contribution in [-0.2, 0) is 9.53 Å². The van der Waals surface area contributed by atoms with Crippen molar-refractivity contribution in [1.29, 1.82) is 0 Å². The van der Waals surface area contributed by atoms with Gasteiger partial charge in [0.1, 0.15) is 0 Å². The van der Waals surface area contributed by atoms with E-state index in [1.165, 1.54) is 51.4 Å². The zero-order chi connectivity index (χ0) is 20.6. The van der Waals surface area contributed by atoms with Gasteiger partial charge in [0.15, 0.2) is 5.96 Å². The van der Waals surface area contributed by atoms with Crippen LogP contribution in [0, 0.1) is 17.3 Å². The lowest BCUT2D eigenvalue weighted by Crippen LogP contribution is -2.69. The molecule has 176 valence electrons. The largest absolute Gasteiger partial charge is 0.377 e. The molecule has 6 nitrogen and oxygen atoms in total. The fourth-order valence-corrected chi connectivity index (χ4v) is 7.22. The molecule has 0 bridgehead atoms. The van der Waals surface area contributed by atoms with Gasteiger partial charge in [0, 0.05) is 55.6 Å². The van der Waals surface area contributed by atoms with E-state index in [4.69, 9.17) is 9.73 Å². The molecule has 5 aliphatic rings. The molecule has 0 aromatic rings. The van der Waals surface area contributed by atoms with Crippen molar-refractivity contribution >= 4 is 35.8 Å². The number of fused-ring (bicyclic) bond motifs is 2. The highest BCUT2D eigenvalue weighted by atomic mass is 127. The lowest BCUT2D eigenvalue weighted by atomic mass is 9.54. The van der Waals surface area contributed by atoms with Gasteiger partial charge in [-0.25, -0.2) is 0 Å². The number of rotatable bonds is 4. The van der Waals surface area contributed by atoms with Crippen LogP contribution in [0.15, 0.2) is 4.99 Å². The van der Waals surface area contributed by atoms with Crippen LogP contribution in [0.3, 0.4) is 0 Å². The summed E-state index contributed by atoms with van der Waals surface area (Å²) in [5.41, 5.74) is 0.329. The number of amides is 1. The molecule has 0 aromatic carbocycles. The highest BCUT2D eigenvalue weighted by Crippen LogP contribution is 2.60. The first-order chi connectivity index (χ1) is 14.7. The van der Waals surface area contributed by atoms with Crippen molar-refractivity contribution < 1.29 is 9.53 Å². The molecule has 2 heterocycles. The maximum atomic E-state index is 12.9. The summed E-state index contributed by atoms with van der Waals surface area (Å²) in [6, 6.07) is 0.803. The summed E-state index contributed by atoms with van der Waals surface area (Å²) in [6.07, 6.45) is 13.8. The third-order valence-electron chi connectivity index (χ3n) is 8.69. The molecule has 0 radical (unpaired) electrons. The molecule has 1 amide bonds. The number of nitrogens with one attached hydrogen (secondary N) is 2. The third kappa shape index (κ3) is 4.46. The van der Waals surface area contributed by atoms with Gasteiger partial charge < -0.3 is 20.3 Å². The van der Waals surface area contributed by atoms with E-state index in [1.807, 2.05) is 0 Å². The third-order valence-corrected chi connectivity index (χ3v) is 8.69. The lowest BCUT2D eigenvalue weighted by molar-refractivity contribution is -0.135. The second-order valence-electron chi connectivity index (χ2n) is 10.4. The molecule has 4 unspecified atom stereocenters. The van der Waals surface area contributed by atoms with Crippen LogP contribution < -0.4 is 10.6 Å². The van der Waals surface area contributed by atoms with Gasteiger partial charge in [0.2, 0.25) is 5.91 Å². The summed E-state index contributed by atoms with van der Waals surface area (Å²) >= 11 is 0. The molecule has 3 aliphatic carbocycles. The van der Waals surface area contributed by atoms with E-state index in [2.05, 4.69) is 22.5 Å². The molecule has 7 heteroatoms. The van der Waals surface area contributed by atoms with Crippen molar-refractivity contribution in [1.82, 2.24) is 15.5 Å². The summed E-state index contributed by atoms with van der Waals surface area (Å²) in [6.45, 7) is 5.51. The van der Waals surface area contributed by atoms with Crippen LogP contribution in [-0.4, -0.2) is 61.2 Å². The molecule has 31 heavy (non-hydrogen) atoms. The van der Waals surface area contributed by atoms with E-state index in [9.17, 15) is 4.79 Å². The van der Waals surface area contributed by atoms with E-state index in [1.54, 1.807) is 0 Å². The summed E-state index contributed by atoms with van der Waals surface area (Å²) in [5, 5.41) is 7.54. The van der Waals surface area contributed by atoms with E-state index < -0.39 is 0 Å². The molecule has 5 rings (SSSR count). The fourth-order valence-electron chi connectivity index (χ4n) is 7.22. The zero-order valence-electron chi connectivity index (χ0n) is 19.1. The van der Waals surface area contributed by atoms with Crippen molar-refractivity contribution in [2.45, 2.75) is 95.7 Å². The van der Waals surface area contributed by atoms with E-state index in [0.717, 1.165) is 51.5 Å². The number of nitrogens with zero attached hydrogens (tertiary/aromatic N) is 2. The Bertz CT molecular complexity index is 660. The van der Waals surface area contributed by atoms with Gasteiger partial charge in [-0.2, -0.15) is 0 Å². The van der Waals surface area contributed by atoms with Gasteiger partial charge in [-0.3, -0.25) is 9.79 Å². The van der Waals surface area contributed by atoms with Crippen LogP contribution in [0.1, 0.15) is 77.6 Å². The smallest absolute Gasteiger partial charge is 0.225 e. The van der Waals surface area contributed by atoms with Crippen molar-refractivity contribution in [3.05, 3.63) is 0 Å². The Morgan fingerprint density at radius 3 is 2.58 bits per heavy atom. The van der Waals surface area contributed by atoms with Crippen molar-refractivity contribution in [3.8, 4) is 0 Å². The second kappa shape index (κ2) is 10.1. The standard InChI is InChI=1S/C24H40N4O2.HI/c1-2-25-23(27-20-19-11-15-30-21(19)24(20)12-6-7-13-24)26-18-10-14-28(16-18)22(29)17-8-4-3-5-9-17;/h17-21H,2-16H2,1H3,(H2,25,26,27);1H. The molecule has 0 aromatic heterocycles. The first-order valence-corrected chi connectivity index (χ1v) is 12.7. The Balaban J connectivity index is 0.00000231. The van der Waals surface area contributed by atoms with Gasteiger partial charge in [0.05, 0.1) is 6.10 Å². The van der Waals surface area contributed by atoms with Gasteiger partial charge in [-0.15, -0.1) is 24.0 Å². The van der Waals surface area contributed by atoms with Gasteiger partial charge in [-0.05, 0) is 45.4 Å². The molecule has 5 fully saturated rings. The number of halogens is 1.